The van der Waals surface area contributed by atoms with Crippen LogP contribution in [0.5, 0.6) is 0 Å². The number of hydrogen-bond acceptors (Lipinski definition) is 6. The zero-order valence-electron chi connectivity index (χ0n) is 9.16. The largest absolute Gasteiger partial charge is 0.461 e. The van der Waals surface area contributed by atoms with Crippen LogP contribution >= 0.6 is 11.3 Å². The van der Waals surface area contributed by atoms with E-state index in [9.17, 15) is 4.79 Å². The molecule has 88 valence electrons. The third kappa shape index (κ3) is 2.63. The van der Waals surface area contributed by atoms with E-state index < -0.39 is 0 Å². The number of esters is 1. The van der Waals surface area contributed by atoms with Crippen molar-refractivity contribution in [1.82, 2.24) is 4.98 Å². The number of nitrogens with two attached hydrogens (primary N) is 1. The standard InChI is InChI=1S/C10H15N3O2S/c1-2-5-15-9(14)7-8(11)13-10(16-7)12-6-3-4-6/h6H,2-5,11H2,1H3,(H,12,13). The van der Waals surface area contributed by atoms with E-state index in [0.717, 1.165) is 19.3 Å². The van der Waals surface area contributed by atoms with Crippen LogP contribution in [0.2, 0.25) is 0 Å². The zero-order valence-corrected chi connectivity index (χ0v) is 9.97. The molecule has 1 aliphatic rings. The van der Waals surface area contributed by atoms with Crippen molar-refractivity contribution < 1.29 is 9.53 Å². The lowest BCUT2D eigenvalue weighted by molar-refractivity contribution is 0.0512. The lowest BCUT2D eigenvalue weighted by Gasteiger charge is -1.99. The summed E-state index contributed by atoms with van der Waals surface area (Å²) in [5, 5.41) is 3.92. The number of aromatic nitrogens is 1. The van der Waals surface area contributed by atoms with Gasteiger partial charge in [0, 0.05) is 6.04 Å². The van der Waals surface area contributed by atoms with Crippen molar-refractivity contribution in [1.29, 1.82) is 0 Å². The molecule has 1 fully saturated rings. The van der Waals surface area contributed by atoms with Gasteiger partial charge in [-0.25, -0.2) is 9.78 Å². The summed E-state index contributed by atoms with van der Waals surface area (Å²) < 4.78 is 5.02. The van der Waals surface area contributed by atoms with Crippen LogP contribution in [0.25, 0.3) is 0 Å². The number of carbonyl (C=O) groups excluding carboxylic acids is 1. The Labute approximate surface area is 98.0 Å². The van der Waals surface area contributed by atoms with E-state index in [1.54, 1.807) is 0 Å². The van der Waals surface area contributed by atoms with Crippen LogP contribution in [-0.4, -0.2) is 23.6 Å². The van der Waals surface area contributed by atoms with Gasteiger partial charge >= 0.3 is 5.97 Å². The second-order valence-corrected chi connectivity index (χ2v) is 4.79. The third-order valence-corrected chi connectivity index (χ3v) is 3.16. The van der Waals surface area contributed by atoms with Gasteiger partial charge in [-0.2, -0.15) is 0 Å². The SMILES string of the molecule is CCCOC(=O)c1sc(NC2CC2)nc1N. The van der Waals surface area contributed by atoms with E-state index in [1.165, 1.54) is 11.3 Å². The zero-order chi connectivity index (χ0) is 11.5. The van der Waals surface area contributed by atoms with Crippen LogP contribution < -0.4 is 11.1 Å². The van der Waals surface area contributed by atoms with Crippen molar-refractivity contribution >= 4 is 28.3 Å². The summed E-state index contributed by atoms with van der Waals surface area (Å²) in [6, 6.07) is 0.505. The van der Waals surface area contributed by atoms with Gasteiger partial charge in [0.05, 0.1) is 6.61 Å². The van der Waals surface area contributed by atoms with Crippen LogP contribution in [0.15, 0.2) is 0 Å². The number of nitrogen functional groups attached to an aromatic ring is 1. The number of carbonyl (C=O) groups is 1. The van der Waals surface area contributed by atoms with Crippen LogP contribution in [0.4, 0.5) is 10.9 Å². The molecule has 1 heterocycles. The summed E-state index contributed by atoms with van der Waals surface area (Å²) in [4.78, 5) is 16.1. The molecule has 3 N–H and O–H groups in total. The highest BCUT2D eigenvalue weighted by molar-refractivity contribution is 7.17. The minimum atomic E-state index is -0.374. The minimum Gasteiger partial charge on any atom is -0.461 e. The van der Waals surface area contributed by atoms with E-state index in [-0.39, 0.29) is 11.8 Å². The lowest BCUT2D eigenvalue weighted by atomic mass is 10.5. The highest BCUT2D eigenvalue weighted by atomic mass is 32.1. The van der Waals surface area contributed by atoms with Gasteiger partial charge in [0.15, 0.2) is 15.8 Å². The maximum absolute atomic E-state index is 11.6. The Hall–Kier alpha value is -1.30. The average molecular weight is 241 g/mol. The van der Waals surface area contributed by atoms with Crippen molar-refractivity contribution in [3.05, 3.63) is 4.88 Å². The smallest absolute Gasteiger partial charge is 0.352 e. The van der Waals surface area contributed by atoms with E-state index >= 15 is 0 Å². The molecule has 2 rings (SSSR count). The Kier molecular flexibility index (Phi) is 3.28. The number of rotatable bonds is 5. The molecule has 16 heavy (non-hydrogen) atoms. The van der Waals surface area contributed by atoms with Gasteiger partial charge in [-0.3, -0.25) is 0 Å². The first-order chi connectivity index (χ1) is 7.70. The van der Waals surface area contributed by atoms with Crippen LogP contribution in [-0.2, 0) is 4.74 Å². The Balaban J connectivity index is 2.01. The molecule has 0 aromatic carbocycles. The number of nitrogens with zero attached hydrogens (tertiary/aromatic N) is 1. The highest BCUT2D eigenvalue weighted by Gasteiger charge is 2.24. The van der Waals surface area contributed by atoms with Gasteiger partial charge in [0.1, 0.15) is 0 Å². The molecule has 0 radical (unpaired) electrons. The predicted octanol–water partition coefficient (Wildman–Crippen LogP) is 1.87. The Morgan fingerprint density at radius 3 is 3.06 bits per heavy atom. The first-order valence-electron chi connectivity index (χ1n) is 5.40. The summed E-state index contributed by atoms with van der Waals surface area (Å²) in [6.45, 7) is 2.37. The molecule has 1 aromatic heterocycles. The van der Waals surface area contributed by atoms with Gasteiger partial charge in [-0.1, -0.05) is 18.3 Å². The Bertz CT molecular complexity index is 387. The summed E-state index contributed by atoms with van der Waals surface area (Å²) >= 11 is 1.26. The monoisotopic (exact) mass is 241 g/mol. The molecule has 0 spiro atoms. The molecular formula is C10H15N3O2S. The molecule has 0 amide bonds. The molecule has 0 atom stereocenters. The molecular weight excluding hydrogens is 226 g/mol. The van der Waals surface area contributed by atoms with Gasteiger partial charge in [-0.15, -0.1) is 0 Å². The fourth-order valence-electron chi connectivity index (χ4n) is 1.20. The third-order valence-electron chi connectivity index (χ3n) is 2.18. The normalized spacial score (nSPS) is 14.8. The molecule has 5 nitrogen and oxygen atoms in total. The topological polar surface area (TPSA) is 77.2 Å². The average Bonchev–Trinajstić information content (AvgIpc) is 2.98. The van der Waals surface area contributed by atoms with E-state index in [1.807, 2.05) is 6.92 Å². The van der Waals surface area contributed by atoms with Crippen LogP contribution in [0.1, 0.15) is 35.9 Å². The molecule has 0 saturated heterocycles. The van der Waals surface area contributed by atoms with Crippen molar-refractivity contribution in [3.8, 4) is 0 Å². The van der Waals surface area contributed by atoms with Crippen LogP contribution in [0, 0.1) is 0 Å². The van der Waals surface area contributed by atoms with E-state index in [0.29, 0.717) is 22.7 Å². The first kappa shape index (κ1) is 11.2. The van der Waals surface area contributed by atoms with Gasteiger partial charge in [0.2, 0.25) is 0 Å². The second kappa shape index (κ2) is 4.69. The van der Waals surface area contributed by atoms with Gasteiger partial charge in [0.25, 0.3) is 0 Å². The molecule has 0 bridgehead atoms. The van der Waals surface area contributed by atoms with E-state index in [2.05, 4.69) is 10.3 Å². The maximum atomic E-state index is 11.6. The number of ether oxygens (including phenoxy) is 1. The number of nitrogens with one attached hydrogen (secondary N) is 1. The molecule has 0 aliphatic heterocycles. The minimum absolute atomic E-state index is 0.259. The lowest BCUT2D eigenvalue weighted by Crippen LogP contribution is -2.06. The summed E-state index contributed by atoms with van der Waals surface area (Å²) in [6.07, 6.45) is 3.13. The number of thiazole rings is 1. The Morgan fingerprint density at radius 2 is 2.44 bits per heavy atom. The predicted molar refractivity (Wildman–Crippen MR) is 63.7 cm³/mol. The molecule has 0 unspecified atom stereocenters. The highest BCUT2D eigenvalue weighted by Crippen LogP contribution is 2.30. The fourth-order valence-corrected chi connectivity index (χ4v) is 2.06. The van der Waals surface area contributed by atoms with Crippen LogP contribution in [0.3, 0.4) is 0 Å². The Morgan fingerprint density at radius 1 is 1.69 bits per heavy atom. The van der Waals surface area contributed by atoms with Crippen molar-refractivity contribution in [2.45, 2.75) is 32.2 Å². The maximum Gasteiger partial charge on any atom is 0.352 e. The molecule has 6 heteroatoms. The molecule has 1 aliphatic carbocycles. The van der Waals surface area contributed by atoms with Gasteiger partial charge < -0.3 is 15.8 Å². The quantitative estimate of drug-likeness (QED) is 0.769. The number of anilines is 2. The summed E-state index contributed by atoms with van der Waals surface area (Å²) in [5.41, 5.74) is 5.67. The second-order valence-electron chi connectivity index (χ2n) is 3.79. The summed E-state index contributed by atoms with van der Waals surface area (Å²) in [5.74, 6) is -0.116. The summed E-state index contributed by atoms with van der Waals surface area (Å²) in [7, 11) is 0. The van der Waals surface area contributed by atoms with Crippen molar-refractivity contribution in [2.75, 3.05) is 17.7 Å². The molecule has 1 saturated carbocycles. The fraction of sp³-hybridized carbons (Fsp3) is 0.600. The van der Waals surface area contributed by atoms with Crippen molar-refractivity contribution in [3.63, 3.8) is 0 Å². The first-order valence-corrected chi connectivity index (χ1v) is 6.22. The van der Waals surface area contributed by atoms with E-state index in [4.69, 9.17) is 10.5 Å². The number of hydrogen-bond donors (Lipinski definition) is 2. The molecule has 1 aromatic rings. The van der Waals surface area contributed by atoms with Gasteiger partial charge in [-0.05, 0) is 19.3 Å². The van der Waals surface area contributed by atoms with Crippen molar-refractivity contribution in [2.24, 2.45) is 0 Å².